The van der Waals surface area contributed by atoms with Crippen LogP contribution in [0.25, 0.3) is 0 Å². The first-order valence-corrected chi connectivity index (χ1v) is 10.2. The minimum Gasteiger partial charge on any atom is -0.491 e. The first-order valence-electron chi connectivity index (χ1n) is 10.2. The molecule has 3 aliphatic rings. The molecule has 28 heavy (non-hydrogen) atoms. The Labute approximate surface area is 167 Å². The summed E-state index contributed by atoms with van der Waals surface area (Å²) in [7, 11) is 0. The third kappa shape index (κ3) is 4.97. The van der Waals surface area contributed by atoms with Crippen molar-refractivity contribution < 1.29 is 19.1 Å². The molecule has 1 N–H and O–H groups in total. The Hall–Kier alpha value is -2.24. The van der Waals surface area contributed by atoms with Crippen LogP contribution in [-0.4, -0.2) is 41.2 Å². The Kier molecular flexibility index (Phi) is 5.87. The summed E-state index contributed by atoms with van der Waals surface area (Å²) in [6.45, 7) is 10.2. The van der Waals surface area contributed by atoms with Gasteiger partial charge in [0.2, 0.25) is 5.91 Å². The number of nitrogens with zero attached hydrogens (tertiary/aromatic N) is 1. The third-order valence-corrected chi connectivity index (χ3v) is 5.24. The molecule has 1 saturated carbocycles. The Morgan fingerprint density at radius 1 is 1.14 bits per heavy atom. The highest BCUT2D eigenvalue weighted by molar-refractivity contribution is 5.93. The molecule has 1 aromatic rings. The highest BCUT2D eigenvalue weighted by atomic mass is 16.6. The van der Waals surface area contributed by atoms with Gasteiger partial charge in [0.25, 0.3) is 0 Å². The van der Waals surface area contributed by atoms with E-state index >= 15 is 0 Å². The van der Waals surface area contributed by atoms with E-state index in [0.717, 1.165) is 30.7 Å². The second kappa shape index (κ2) is 8.02. The van der Waals surface area contributed by atoms with Crippen molar-refractivity contribution in [2.45, 2.75) is 71.6 Å². The minimum absolute atomic E-state index is 0.0273. The first-order chi connectivity index (χ1) is 13.1. The highest BCUT2D eigenvalue weighted by Crippen LogP contribution is 2.40. The number of hydrogen-bond donors (Lipinski definition) is 1. The number of carbonyl (C=O) groups excluding carboxylic acids is 2. The number of ether oxygens (including phenoxy) is 2. The Morgan fingerprint density at radius 2 is 1.82 bits per heavy atom. The summed E-state index contributed by atoms with van der Waals surface area (Å²) in [6, 6.07) is 7.32. The van der Waals surface area contributed by atoms with Crippen LogP contribution in [0.15, 0.2) is 24.3 Å². The quantitative estimate of drug-likeness (QED) is 0.827. The number of anilines is 1. The van der Waals surface area contributed by atoms with Crippen molar-refractivity contribution in [3.63, 3.8) is 0 Å². The Balaban J connectivity index is 1.65. The number of fused-ring (bicyclic) bond motifs is 3. The predicted molar refractivity (Wildman–Crippen MR) is 108 cm³/mol. The van der Waals surface area contributed by atoms with Gasteiger partial charge in [-0.25, -0.2) is 4.79 Å². The Bertz CT molecular complexity index is 708. The molecule has 6 heteroatoms. The summed E-state index contributed by atoms with van der Waals surface area (Å²) in [6.07, 6.45) is 2.54. The summed E-state index contributed by atoms with van der Waals surface area (Å²) in [5.74, 6) is 0.906. The number of benzene rings is 1. The molecule has 1 aromatic carbocycles. The lowest BCUT2D eigenvalue weighted by molar-refractivity contribution is -0.126. The predicted octanol–water partition coefficient (Wildman–Crippen LogP) is 4.45. The van der Waals surface area contributed by atoms with Crippen molar-refractivity contribution in [1.29, 1.82) is 0 Å². The normalized spacial score (nSPS) is 24.2. The van der Waals surface area contributed by atoms with E-state index in [1.807, 2.05) is 58.9 Å². The number of rotatable bonds is 4. The van der Waals surface area contributed by atoms with E-state index in [2.05, 4.69) is 5.32 Å². The first kappa shape index (κ1) is 20.5. The van der Waals surface area contributed by atoms with Crippen LogP contribution in [0.1, 0.15) is 53.9 Å². The molecule has 4 rings (SSSR count). The van der Waals surface area contributed by atoms with Crippen molar-refractivity contribution in [2.24, 2.45) is 11.8 Å². The molecule has 0 unspecified atom stereocenters. The van der Waals surface area contributed by atoms with Gasteiger partial charge in [0, 0.05) is 18.3 Å². The van der Waals surface area contributed by atoms with Gasteiger partial charge in [-0.2, -0.15) is 0 Å². The second-order valence-corrected chi connectivity index (χ2v) is 9.17. The standard InChI is InChI=1S/C22H32N2O4/c1-14(2)27-17-9-7-16(8-10-17)23-20(25)18-12-15-6-11-19(18)24(13-15)21(26)28-22(3,4)5/h7-10,14-15,18-19H,6,11-13H2,1-5H3,(H,23,25)/t15-,18+,19-/m0/s1. The van der Waals surface area contributed by atoms with E-state index in [-0.39, 0.29) is 30.1 Å². The van der Waals surface area contributed by atoms with Gasteiger partial charge in [-0.1, -0.05) is 0 Å². The van der Waals surface area contributed by atoms with Gasteiger partial charge in [-0.3, -0.25) is 4.79 Å². The molecule has 6 nitrogen and oxygen atoms in total. The summed E-state index contributed by atoms with van der Waals surface area (Å²) < 4.78 is 11.2. The zero-order valence-corrected chi connectivity index (χ0v) is 17.5. The molecule has 154 valence electrons. The maximum Gasteiger partial charge on any atom is 0.410 e. The lowest BCUT2D eigenvalue weighted by Crippen LogP contribution is -2.58. The summed E-state index contributed by atoms with van der Waals surface area (Å²) in [5.41, 5.74) is 0.206. The zero-order chi connectivity index (χ0) is 20.5. The van der Waals surface area contributed by atoms with E-state index < -0.39 is 5.60 Å². The molecule has 0 spiro atoms. The van der Waals surface area contributed by atoms with Gasteiger partial charge in [0.05, 0.1) is 12.0 Å². The van der Waals surface area contributed by atoms with Gasteiger partial charge in [-0.15, -0.1) is 0 Å². The third-order valence-electron chi connectivity index (χ3n) is 5.24. The van der Waals surface area contributed by atoms with Crippen LogP contribution in [0.4, 0.5) is 10.5 Å². The molecule has 0 radical (unpaired) electrons. The lowest BCUT2D eigenvalue weighted by Gasteiger charge is -2.49. The van der Waals surface area contributed by atoms with Crippen molar-refractivity contribution in [1.82, 2.24) is 4.90 Å². The van der Waals surface area contributed by atoms with Crippen molar-refractivity contribution in [3.05, 3.63) is 24.3 Å². The van der Waals surface area contributed by atoms with E-state index in [4.69, 9.17) is 9.47 Å². The molecular weight excluding hydrogens is 356 g/mol. The molecule has 3 fully saturated rings. The van der Waals surface area contributed by atoms with Gasteiger partial charge in [0.15, 0.2) is 0 Å². The molecule has 1 aliphatic carbocycles. The number of amides is 2. The lowest BCUT2D eigenvalue weighted by atomic mass is 9.72. The number of piperidine rings is 2. The largest absolute Gasteiger partial charge is 0.491 e. The van der Waals surface area contributed by atoms with Crippen LogP contribution < -0.4 is 10.1 Å². The highest BCUT2D eigenvalue weighted by Gasteiger charge is 2.46. The monoisotopic (exact) mass is 388 g/mol. The zero-order valence-electron chi connectivity index (χ0n) is 17.5. The maximum atomic E-state index is 13.0. The minimum atomic E-state index is -0.536. The molecule has 2 amide bonds. The number of hydrogen-bond acceptors (Lipinski definition) is 4. The average Bonchev–Trinajstić information content (AvgIpc) is 2.61. The van der Waals surface area contributed by atoms with Crippen LogP contribution in [0.3, 0.4) is 0 Å². The fraction of sp³-hybridized carbons (Fsp3) is 0.636. The van der Waals surface area contributed by atoms with Crippen molar-refractivity contribution >= 4 is 17.7 Å². The topological polar surface area (TPSA) is 67.9 Å². The van der Waals surface area contributed by atoms with E-state index in [0.29, 0.717) is 12.5 Å². The number of carbonyl (C=O) groups is 2. The van der Waals surface area contributed by atoms with Gasteiger partial charge in [0.1, 0.15) is 11.4 Å². The second-order valence-electron chi connectivity index (χ2n) is 9.17. The smallest absolute Gasteiger partial charge is 0.410 e. The average molecular weight is 389 g/mol. The SMILES string of the molecule is CC(C)Oc1ccc(NC(=O)[C@@H]2C[C@@H]3CC[C@@H]2N(C(=O)OC(C)(C)C)C3)cc1. The van der Waals surface area contributed by atoms with E-state index in [9.17, 15) is 9.59 Å². The van der Waals surface area contributed by atoms with Gasteiger partial charge in [-0.05, 0) is 84.1 Å². The van der Waals surface area contributed by atoms with Gasteiger partial charge >= 0.3 is 6.09 Å². The van der Waals surface area contributed by atoms with Crippen molar-refractivity contribution in [2.75, 3.05) is 11.9 Å². The van der Waals surface area contributed by atoms with Gasteiger partial charge < -0.3 is 19.7 Å². The van der Waals surface area contributed by atoms with Crippen molar-refractivity contribution in [3.8, 4) is 5.75 Å². The van der Waals surface area contributed by atoms with Crippen LogP contribution in [0.2, 0.25) is 0 Å². The molecule has 2 saturated heterocycles. The molecular formula is C22H32N2O4. The molecule has 2 heterocycles. The van der Waals surface area contributed by atoms with Crippen LogP contribution >= 0.6 is 0 Å². The molecule has 3 atom stereocenters. The molecule has 2 aliphatic heterocycles. The summed E-state index contributed by atoms with van der Waals surface area (Å²) in [5, 5.41) is 3.01. The van der Waals surface area contributed by atoms with E-state index in [1.54, 1.807) is 4.90 Å². The molecule has 2 bridgehead atoms. The Morgan fingerprint density at radius 3 is 2.39 bits per heavy atom. The summed E-state index contributed by atoms with van der Waals surface area (Å²) >= 11 is 0. The number of nitrogens with one attached hydrogen (secondary N) is 1. The molecule has 0 aromatic heterocycles. The summed E-state index contributed by atoms with van der Waals surface area (Å²) in [4.78, 5) is 27.3. The van der Waals surface area contributed by atoms with Crippen LogP contribution in [-0.2, 0) is 9.53 Å². The fourth-order valence-electron chi connectivity index (χ4n) is 4.13. The fourth-order valence-corrected chi connectivity index (χ4v) is 4.13. The van der Waals surface area contributed by atoms with E-state index in [1.165, 1.54) is 0 Å². The maximum absolute atomic E-state index is 13.0. The van der Waals surface area contributed by atoms with Crippen LogP contribution in [0, 0.1) is 11.8 Å². The van der Waals surface area contributed by atoms with Crippen LogP contribution in [0.5, 0.6) is 5.75 Å².